The molecule has 0 spiro atoms. The molecule has 1 aromatic carbocycles. The van der Waals surface area contributed by atoms with Crippen molar-refractivity contribution in [2.45, 2.75) is 19.0 Å². The lowest BCUT2D eigenvalue weighted by Crippen LogP contribution is -2.24. The molecule has 2 unspecified atom stereocenters. The van der Waals surface area contributed by atoms with Crippen molar-refractivity contribution in [1.29, 1.82) is 0 Å². The second-order valence-corrected chi connectivity index (χ2v) is 5.24. The Hall–Kier alpha value is -0.930. The predicted octanol–water partition coefficient (Wildman–Crippen LogP) is 3.35. The monoisotopic (exact) mass is 294 g/mol. The summed E-state index contributed by atoms with van der Waals surface area (Å²) in [6, 6.07) is 4.58. The number of hydrogen-bond donors (Lipinski definition) is 2. The number of hydrogen-bond acceptors (Lipinski definition) is 2. The van der Waals surface area contributed by atoms with Gasteiger partial charge in [-0.25, -0.2) is 8.78 Å². The third-order valence-corrected chi connectivity index (χ3v) is 3.31. The van der Waals surface area contributed by atoms with Gasteiger partial charge in [0.15, 0.2) is 0 Å². The van der Waals surface area contributed by atoms with Gasteiger partial charge in [0.1, 0.15) is 0 Å². The van der Waals surface area contributed by atoms with Crippen LogP contribution < -0.4 is 11.1 Å². The van der Waals surface area contributed by atoms with E-state index < -0.39 is 17.5 Å². The van der Waals surface area contributed by atoms with Gasteiger partial charge >= 0.3 is 0 Å². The number of nitrogen functional groups attached to an aromatic ring is 1. The molecule has 2 atom stereocenters. The molecule has 0 aliphatic rings. The lowest BCUT2D eigenvalue weighted by molar-refractivity contribution is -0.118. The molecule has 0 radical (unpaired) electrons. The molecule has 0 fully saturated rings. The Balaban J connectivity index is 2.68. The maximum absolute atomic E-state index is 12.9. The van der Waals surface area contributed by atoms with E-state index in [9.17, 15) is 13.6 Å². The number of rotatable bonds is 4. The number of nitrogens with one attached hydrogen (secondary N) is 1. The van der Waals surface area contributed by atoms with Crippen LogP contribution in [0.5, 0.6) is 0 Å². The van der Waals surface area contributed by atoms with Crippen LogP contribution in [0.1, 0.15) is 13.3 Å². The molecule has 0 saturated heterocycles. The van der Waals surface area contributed by atoms with Gasteiger partial charge in [-0.3, -0.25) is 4.79 Å². The van der Waals surface area contributed by atoms with E-state index in [4.69, 9.17) is 17.3 Å². The van der Waals surface area contributed by atoms with Crippen LogP contribution in [0.25, 0.3) is 0 Å². The first-order chi connectivity index (χ1) is 8.20. The summed E-state index contributed by atoms with van der Waals surface area (Å²) in [4.78, 5) is 11.6. The minimum atomic E-state index is -2.98. The highest BCUT2D eigenvalue weighted by molar-refractivity contribution is 7.18. The largest absolute Gasteiger partial charge is 0.399 e. The fourth-order valence-corrected chi connectivity index (χ4v) is 1.54. The van der Waals surface area contributed by atoms with Gasteiger partial charge in [0.05, 0.1) is 10.7 Å². The van der Waals surface area contributed by atoms with Gasteiger partial charge in [0.25, 0.3) is 5.66 Å². The standard InChI is InChI=1S/C11H14ClF2N2OP/c1-6(11(13,14)18)4-10(17)16-9-5-7(15)2-3-8(9)12/h2-3,5-6H,4,15,18H2,1H3,(H,16,17). The number of anilines is 2. The average molecular weight is 295 g/mol. The van der Waals surface area contributed by atoms with Gasteiger partial charge in [0, 0.05) is 18.0 Å². The van der Waals surface area contributed by atoms with E-state index in [-0.39, 0.29) is 6.42 Å². The molecule has 3 N–H and O–H groups in total. The van der Waals surface area contributed by atoms with E-state index in [0.717, 1.165) is 0 Å². The highest BCUT2D eigenvalue weighted by atomic mass is 35.5. The molecule has 1 rings (SSSR count). The molecule has 18 heavy (non-hydrogen) atoms. The van der Waals surface area contributed by atoms with Gasteiger partial charge in [-0.15, -0.1) is 0 Å². The van der Waals surface area contributed by atoms with E-state index in [0.29, 0.717) is 16.4 Å². The van der Waals surface area contributed by atoms with Crippen LogP contribution in [0.4, 0.5) is 20.2 Å². The maximum atomic E-state index is 12.9. The molecular weight excluding hydrogens is 281 g/mol. The number of benzene rings is 1. The Kier molecular flexibility index (Phi) is 4.88. The molecule has 1 aromatic rings. The fourth-order valence-electron chi connectivity index (χ4n) is 1.25. The molecular formula is C11H14ClF2N2OP. The maximum Gasteiger partial charge on any atom is 0.261 e. The Morgan fingerprint density at radius 3 is 2.78 bits per heavy atom. The SMILES string of the molecule is CC(CC(=O)Nc1cc(N)ccc1Cl)C(F)(F)P. The van der Waals surface area contributed by atoms with Crippen LogP contribution in [-0.4, -0.2) is 11.6 Å². The normalized spacial score (nSPS) is 13.2. The van der Waals surface area contributed by atoms with E-state index in [1.54, 1.807) is 6.07 Å². The van der Waals surface area contributed by atoms with Gasteiger partial charge in [-0.2, -0.15) is 0 Å². The van der Waals surface area contributed by atoms with Gasteiger partial charge < -0.3 is 11.1 Å². The third-order valence-electron chi connectivity index (χ3n) is 2.41. The van der Waals surface area contributed by atoms with Gasteiger partial charge in [-0.1, -0.05) is 27.8 Å². The Bertz CT molecular complexity index is 451. The second-order valence-electron chi connectivity index (χ2n) is 4.07. The van der Waals surface area contributed by atoms with Crippen LogP contribution in [-0.2, 0) is 4.79 Å². The fraction of sp³-hybridized carbons (Fsp3) is 0.364. The summed E-state index contributed by atoms with van der Waals surface area (Å²) in [6.45, 7) is 1.30. The predicted molar refractivity (Wildman–Crippen MR) is 72.9 cm³/mol. The molecule has 0 heterocycles. The summed E-state index contributed by atoms with van der Waals surface area (Å²) in [5.41, 5.74) is 3.32. The van der Waals surface area contributed by atoms with E-state index in [1.807, 2.05) is 0 Å². The number of halogens is 3. The molecule has 100 valence electrons. The minimum absolute atomic E-state index is 0.304. The molecule has 0 saturated carbocycles. The first kappa shape index (κ1) is 15.1. The quantitative estimate of drug-likeness (QED) is 0.661. The summed E-state index contributed by atoms with van der Waals surface area (Å²) in [5.74, 6) is -1.61. The summed E-state index contributed by atoms with van der Waals surface area (Å²) < 4.78 is 25.8. The zero-order valence-electron chi connectivity index (χ0n) is 9.71. The van der Waals surface area contributed by atoms with Crippen LogP contribution >= 0.6 is 20.8 Å². The summed E-state index contributed by atoms with van der Waals surface area (Å²) in [5, 5.41) is 2.77. The lowest BCUT2D eigenvalue weighted by Gasteiger charge is -2.18. The lowest BCUT2D eigenvalue weighted by atomic mass is 10.1. The Morgan fingerprint density at radius 1 is 1.61 bits per heavy atom. The van der Waals surface area contributed by atoms with E-state index >= 15 is 0 Å². The first-order valence-corrected chi connectivity index (χ1v) is 6.17. The van der Waals surface area contributed by atoms with E-state index in [1.165, 1.54) is 28.3 Å². The molecule has 0 bridgehead atoms. The topological polar surface area (TPSA) is 55.1 Å². The highest BCUT2D eigenvalue weighted by Gasteiger charge is 2.31. The molecule has 1 amide bonds. The van der Waals surface area contributed by atoms with Crippen molar-refractivity contribution in [3.05, 3.63) is 23.2 Å². The third kappa shape index (κ3) is 4.39. The smallest absolute Gasteiger partial charge is 0.261 e. The highest BCUT2D eigenvalue weighted by Crippen LogP contribution is 2.33. The van der Waals surface area contributed by atoms with Crippen LogP contribution in [0, 0.1) is 5.92 Å². The van der Waals surface area contributed by atoms with Crippen LogP contribution in [0.15, 0.2) is 18.2 Å². The molecule has 0 aliphatic carbocycles. The van der Waals surface area contributed by atoms with Crippen LogP contribution in [0.3, 0.4) is 0 Å². The van der Waals surface area contributed by atoms with Crippen molar-refractivity contribution < 1.29 is 13.6 Å². The summed E-state index contributed by atoms with van der Waals surface area (Å²) in [6.07, 6.45) is -0.304. The zero-order chi connectivity index (χ0) is 13.9. The number of carbonyl (C=O) groups is 1. The number of nitrogens with two attached hydrogens (primary N) is 1. The summed E-state index contributed by atoms with van der Waals surface area (Å²) >= 11 is 5.84. The first-order valence-electron chi connectivity index (χ1n) is 5.21. The molecule has 3 nitrogen and oxygen atoms in total. The Labute approximate surface area is 111 Å². The van der Waals surface area contributed by atoms with Crippen molar-refractivity contribution >= 4 is 38.1 Å². The Morgan fingerprint density at radius 2 is 2.22 bits per heavy atom. The van der Waals surface area contributed by atoms with Crippen LogP contribution in [0.2, 0.25) is 5.02 Å². The average Bonchev–Trinajstić information content (AvgIpc) is 2.22. The molecule has 0 aromatic heterocycles. The van der Waals surface area contributed by atoms with Crippen molar-refractivity contribution in [3.8, 4) is 0 Å². The minimum Gasteiger partial charge on any atom is -0.399 e. The second kappa shape index (κ2) is 5.81. The van der Waals surface area contributed by atoms with Crippen molar-refractivity contribution in [1.82, 2.24) is 0 Å². The van der Waals surface area contributed by atoms with Gasteiger partial charge in [0.2, 0.25) is 5.91 Å². The zero-order valence-corrected chi connectivity index (χ0v) is 11.6. The van der Waals surface area contributed by atoms with Crippen molar-refractivity contribution in [3.63, 3.8) is 0 Å². The number of alkyl halides is 2. The van der Waals surface area contributed by atoms with Crippen molar-refractivity contribution in [2.75, 3.05) is 11.1 Å². The van der Waals surface area contributed by atoms with E-state index in [2.05, 4.69) is 5.32 Å². The van der Waals surface area contributed by atoms with Crippen molar-refractivity contribution in [2.24, 2.45) is 5.92 Å². The number of amides is 1. The summed E-state index contributed by atoms with van der Waals surface area (Å²) in [7, 11) is 1.43. The molecule has 7 heteroatoms. The number of carbonyl (C=O) groups excluding carboxylic acids is 1. The van der Waals surface area contributed by atoms with Gasteiger partial charge in [-0.05, 0) is 18.2 Å². The molecule has 0 aliphatic heterocycles.